The van der Waals surface area contributed by atoms with Crippen LogP contribution < -0.4 is 0 Å². The lowest BCUT2D eigenvalue weighted by molar-refractivity contribution is 0.0647. The molecule has 2 aliphatic heterocycles. The van der Waals surface area contributed by atoms with Crippen LogP contribution in [0.5, 0.6) is 0 Å². The van der Waals surface area contributed by atoms with E-state index in [9.17, 15) is 14.4 Å². The van der Waals surface area contributed by atoms with Crippen LogP contribution in [0, 0.1) is 5.92 Å². The summed E-state index contributed by atoms with van der Waals surface area (Å²) in [6.45, 7) is 5.08. The largest absolute Gasteiger partial charge is 0.287 e. The molecule has 0 saturated carbocycles. The Bertz CT molecular complexity index is 1050. The summed E-state index contributed by atoms with van der Waals surface area (Å²) in [6.07, 6.45) is 1.62. The lowest BCUT2D eigenvalue weighted by Crippen LogP contribution is -2.39. The van der Waals surface area contributed by atoms with Crippen molar-refractivity contribution in [3.63, 3.8) is 0 Å². The number of amides is 3. The number of para-hydroxylation sites is 1. The quantitative estimate of drug-likeness (QED) is 0.644. The summed E-state index contributed by atoms with van der Waals surface area (Å²) in [6, 6.07) is 14.3. The first-order valence-corrected chi connectivity index (χ1v) is 11.5. The number of hydrogen-bond acceptors (Lipinski definition) is 5. The second kappa shape index (κ2) is 9.06. The Morgan fingerprint density at radius 1 is 1.06 bits per heavy atom. The van der Waals surface area contributed by atoms with Gasteiger partial charge in [0.15, 0.2) is 5.17 Å². The van der Waals surface area contributed by atoms with Crippen molar-refractivity contribution in [1.29, 1.82) is 0 Å². The molecule has 0 radical (unpaired) electrons. The number of nitrogens with zero attached hydrogens (tertiary/aromatic N) is 3. The van der Waals surface area contributed by atoms with Gasteiger partial charge in [0.1, 0.15) is 0 Å². The Morgan fingerprint density at radius 3 is 2.55 bits per heavy atom. The number of thioether (sulfide) groups is 1. The summed E-state index contributed by atoms with van der Waals surface area (Å²) in [5.41, 5.74) is 1.87. The highest BCUT2D eigenvalue weighted by Gasteiger charge is 2.36. The van der Waals surface area contributed by atoms with Gasteiger partial charge in [-0.25, -0.2) is 4.99 Å². The Kier molecular flexibility index (Phi) is 6.23. The number of amidine groups is 1. The molecule has 0 unspecified atom stereocenters. The van der Waals surface area contributed by atoms with E-state index in [0.717, 1.165) is 24.3 Å². The number of benzene rings is 2. The van der Waals surface area contributed by atoms with Gasteiger partial charge in [-0.2, -0.15) is 0 Å². The summed E-state index contributed by atoms with van der Waals surface area (Å²) >= 11 is 1.55. The van der Waals surface area contributed by atoms with Crippen molar-refractivity contribution in [2.45, 2.75) is 26.7 Å². The highest BCUT2D eigenvalue weighted by Crippen LogP contribution is 2.28. The predicted octanol–water partition coefficient (Wildman–Crippen LogP) is 4.60. The summed E-state index contributed by atoms with van der Waals surface area (Å²) < 4.78 is 0. The molecule has 3 amide bonds. The molecule has 0 aromatic heterocycles. The summed E-state index contributed by atoms with van der Waals surface area (Å²) in [4.78, 5) is 46.4. The fourth-order valence-electron chi connectivity index (χ4n) is 3.62. The van der Waals surface area contributed by atoms with Crippen molar-refractivity contribution < 1.29 is 14.4 Å². The van der Waals surface area contributed by atoms with Crippen LogP contribution in [0.15, 0.2) is 53.5 Å². The van der Waals surface area contributed by atoms with Crippen LogP contribution >= 0.6 is 11.8 Å². The maximum atomic E-state index is 13.3. The van der Waals surface area contributed by atoms with Gasteiger partial charge in [-0.3, -0.25) is 24.2 Å². The van der Waals surface area contributed by atoms with Gasteiger partial charge in [-0.1, -0.05) is 43.8 Å². The zero-order chi connectivity index (χ0) is 22.0. The Morgan fingerprint density at radius 2 is 1.81 bits per heavy atom. The topological polar surface area (TPSA) is 70.1 Å². The SMILES string of the molecule is CC(C)CCN1C(=O)c2ccc(C(=O)N3CCCSC3=Nc3ccccc3)cc2C1=O. The van der Waals surface area contributed by atoms with E-state index in [-0.39, 0.29) is 17.7 Å². The van der Waals surface area contributed by atoms with Crippen molar-refractivity contribution in [2.24, 2.45) is 10.9 Å². The third-order valence-corrected chi connectivity index (χ3v) is 6.42. The van der Waals surface area contributed by atoms with E-state index in [1.165, 1.54) is 4.90 Å². The van der Waals surface area contributed by atoms with Gasteiger partial charge < -0.3 is 0 Å². The number of hydrogen-bond donors (Lipinski definition) is 0. The molecule has 0 bridgehead atoms. The molecule has 2 aromatic rings. The number of imide groups is 1. The van der Waals surface area contributed by atoms with Crippen molar-refractivity contribution in [3.05, 3.63) is 65.2 Å². The van der Waals surface area contributed by atoms with Gasteiger partial charge in [0.05, 0.1) is 16.8 Å². The van der Waals surface area contributed by atoms with Crippen LogP contribution in [-0.2, 0) is 0 Å². The zero-order valence-electron chi connectivity index (χ0n) is 17.7. The average Bonchev–Trinajstić information content (AvgIpc) is 3.02. The fourth-order valence-corrected chi connectivity index (χ4v) is 4.58. The van der Waals surface area contributed by atoms with Gasteiger partial charge in [0, 0.05) is 24.4 Å². The van der Waals surface area contributed by atoms with E-state index < -0.39 is 0 Å². The standard InChI is InChI=1S/C24H25N3O3S/c1-16(2)11-13-26-22(29)19-10-9-17(15-20(19)23(26)30)21(28)27-12-6-14-31-24(27)25-18-7-4-3-5-8-18/h3-5,7-10,15-16H,6,11-14H2,1-2H3. The van der Waals surface area contributed by atoms with E-state index >= 15 is 0 Å². The first-order valence-electron chi connectivity index (χ1n) is 10.5. The van der Waals surface area contributed by atoms with Crippen LogP contribution in [0.25, 0.3) is 0 Å². The minimum atomic E-state index is -0.318. The molecular weight excluding hydrogens is 410 g/mol. The number of carbonyl (C=O) groups excluding carboxylic acids is 3. The first kappa shape index (κ1) is 21.3. The minimum absolute atomic E-state index is 0.203. The molecule has 2 heterocycles. The third-order valence-electron chi connectivity index (χ3n) is 5.36. The molecule has 2 aliphatic rings. The number of fused-ring (bicyclic) bond motifs is 1. The van der Waals surface area contributed by atoms with Crippen LogP contribution in [0.1, 0.15) is 57.8 Å². The van der Waals surface area contributed by atoms with Crippen molar-refractivity contribution >= 4 is 40.3 Å². The van der Waals surface area contributed by atoms with Gasteiger partial charge in [-0.15, -0.1) is 0 Å². The Hall–Kier alpha value is -2.93. The molecule has 1 fully saturated rings. The van der Waals surface area contributed by atoms with Crippen molar-refractivity contribution in [2.75, 3.05) is 18.8 Å². The second-order valence-electron chi connectivity index (χ2n) is 8.09. The lowest BCUT2D eigenvalue weighted by Gasteiger charge is -2.28. The van der Waals surface area contributed by atoms with Crippen molar-refractivity contribution in [1.82, 2.24) is 9.80 Å². The predicted molar refractivity (Wildman–Crippen MR) is 123 cm³/mol. The molecule has 31 heavy (non-hydrogen) atoms. The van der Waals surface area contributed by atoms with Crippen LogP contribution in [0.4, 0.5) is 5.69 Å². The fraction of sp³-hybridized carbons (Fsp3) is 0.333. The molecular formula is C24H25N3O3S. The molecule has 0 N–H and O–H groups in total. The molecule has 6 nitrogen and oxygen atoms in total. The van der Waals surface area contributed by atoms with Gasteiger partial charge in [0.2, 0.25) is 0 Å². The van der Waals surface area contributed by atoms with E-state index in [4.69, 9.17) is 0 Å². The summed E-state index contributed by atoms with van der Waals surface area (Å²) in [5.74, 6) is 0.490. The van der Waals surface area contributed by atoms with Gasteiger partial charge >= 0.3 is 0 Å². The highest BCUT2D eigenvalue weighted by molar-refractivity contribution is 8.13. The third kappa shape index (κ3) is 4.42. The normalized spacial score (nSPS) is 17.6. The molecule has 4 rings (SSSR count). The number of rotatable bonds is 5. The summed E-state index contributed by atoms with van der Waals surface area (Å²) in [7, 11) is 0. The van der Waals surface area contributed by atoms with Gasteiger partial charge in [0.25, 0.3) is 17.7 Å². The van der Waals surface area contributed by atoms with E-state index in [1.54, 1.807) is 34.9 Å². The molecule has 160 valence electrons. The highest BCUT2D eigenvalue weighted by atomic mass is 32.2. The van der Waals surface area contributed by atoms with E-state index in [1.807, 2.05) is 30.3 Å². The van der Waals surface area contributed by atoms with Crippen molar-refractivity contribution in [3.8, 4) is 0 Å². The van der Waals surface area contributed by atoms with E-state index in [2.05, 4.69) is 18.8 Å². The number of aliphatic imine (C=N–C) groups is 1. The van der Waals surface area contributed by atoms with Crippen LogP contribution in [0.2, 0.25) is 0 Å². The Labute approximate surface area is 186 Å². The second-order valence-corrected chi connectivity index (χ2v) is 9.16. The lowest BCUT2D eigenvalue weighted by atomic mass is 10.0. The zero-order valence-corrected chi connectivity index (χ0v) is 18.5. The Balaban J connectivity index is 1.59. The van der Waals surface area contributed by atoms with Crippen LogP contribution in [-0.4, -0.2) is 51.5 Å². The maximum Gasteiger partial charge on any atom is 0.261 e. The smallest absolute Gasteiger partial charge is 0.261 e. The monoisotopic (exact) mass is 435 g/mol. The van der Waals surface area contributed by atoms with E-state index in [0.29, 0.717) is 40.9 Å². The van der Waals surface area contributed by atoms with Crippen LogP contribution in [0.3, 0.4) is 0 Å². The molecule has 0 spiro atoms. The first-order chi connectivity index (χ1) is 15.0. The van der Waals surface area contributed by atoms with Gasteiger partial charge in [-0.05, 0) is 49.1 Å². The minimum Gasteiger partial charge on any atom is -0.287 e. The summed E-state index contributed by atoms with van der Waals surface area (Å²) in [5, 5.41) is 0.656. The molecule has 0 atom stereocenters. The number of carbonyl (C=O) groups is 3. The molecule has 7 heteroatoms. The molecule has 2 aromatic carbocycles. The molecule has 0 aliphatic carbocycles. The maximum absolute atomic E-state index is 13.3. The average molecular weight is 436 g/mol. The molecule has 1 saturated heterocycles.